The van der Waals surface area contributed by atoms with Crippen molar-refractivity contribution in [2.75, 3.05) is 5.73 Å². The number of anilines is 1. The topological polar surface area (TPSA) is 54.7 Å². The van der Waals surface area contributed by atoms with Crippen LogP contribution < -0.4 is 5.73 Å². The number of aromatic nitrogens is 2. The third-order valence-corrected chi connectivity index (χ3v) is 2.47. The van der Waals surface area contributed by atoms with Crippen molar-refractivity contribution in [3.05, 3.63) is 36.7 Å². The quantitative estimate of drug-likeness (QED) is 0.561. The van der Waals surface area contributed by atoms with Gasteiger partial charge in [0, 0.05) is 34.4 Å². The van der Waals surface area contributed by atoms with E-state index in [0.717, 1.165) is 27.5 Å². The Labute approximate surface area is 80.6 Å². The van der Waals surface area contributed by atoms with Gasteiger partial charge < -0.3 is 10.7 Å². The largest absolute Gasteiger partial charge is 0.398 e. The fourth-order valence-electron chi connectivity index (χ4n) is 1.77. The summed E-state index contributed by atoms with van der Waals surface area (Å²) < 4.78 is 0. The number of rotatable bonds is 0. The van der Waals surface area contributed by atoms with Crippen LogP contribution in [0.5, 0.6) is 0 Å². The molecule has 0 radical (unpaired) electrons. The highest BCUT2D eigenvalue weighted by Gasteiger charge is 2.03. The van der Waals surface area contributed by atoms with E-state index >= 15 is 0 Å². The predicted octanol–water partition coefficient (Wildman–Crippen LogP) is 2.30. The number of aromatic amines is 1. The van der Waals surface area contributed by atoms with Crippen LogP contribution in [0.2, 0.25) is 0 Å². The number of nitrogen functional groups attached to an aromatic ring is 1. The molecule has 3 aromatic rings. The van der Waals surface area contributed by atoms with Crippen LogP contribution >= 0.6 is 0 Å². The van der Waals surface area contributed by atoms with E-state index in [9.17, 15) is 0 Å². The maximum Gasteiger partial charge on any atom is 0.0816 e. The molecule has 68 valence electrons. The fourth-order valence-corrected chi connectivity index (χ4v) is 1.77. The molecule has 3 rings (SSSR count). The zero-order valence-electron chi connectivity index (χ0n) is 7.49. The molecule has 1 aromatic carbocycles. The van der Waals surface area contributed by atoms with E-state index < -0.39 is 0 Å². The summed E-state index contributed by atoms with van der Waals surface area (Å²) in [7, 11) is 0. The van der Waals surface area contributed by atoms with Crippen LogP contribution in [0.25, 0.3) is 21.8 Å². The van der Waals surface area contributed by atoms with Crippen molar-refractivity contribution in [3.63, 3.8) is 0 Å². The Morgan fingerprint density at radius 3 is 2.93 bits per heavy atom. The molecule has 0 aliphatic heterocycles. The van der Waals surface area contributed by atoms with Crippen molar-refractivity contribution in [1.82, 2.24) is 9.97 Å². The van der Waals surface area contributed by atoms with Crippen LogP contribution in [0.1, 0.15) is 0 Å². The smallest absolute Gasteiger partial charge is 0.0816 e. The summed E-state index contributed by atoms with van der Waals surface area (Å²) in [6.07, 6.45) is 3.65. The van der Waals surface area contributed by atoms with Gasteiger partial charge in [0.05, 0.1) is 5.52 Å². The Kier molecular flexibility index (Phi) is 1.31. The van der Waals surface area contributed by atoms with Crippen molar-refractivity contribution in [1.29, 1.82) is 0 Å². The standard InChI is InChI=1S/C11H9N3/c12-9-4-6-14-11-7(9)1-2-10-8(11)3-5-13-10/h1-6,13H,(H2,12,14). The molecule has 0 saturated carbocycles. The van der Waals surface area contributed by atoms with Gasteiger partial charge in [0.1, 0.15) is 0 Å². The Morgan fingerprint density at radius 2 is 2.00 bits per heavy atom. The zero-order valence-corrected chi connectivity index (χ0v) is 7.49. The van der Waals surface area contributed by atoms with E-state index in [2.05, 4.69) is 9.97 Å². The third kappa shape index (κ3) is 0.836. The van der Waals surface area contributed by atoms with Crippen molar-refractivity contribution in [2.24, 2.45) is 0 Å². The average Bonchev–Trinajstić information content (AvgIpc) is 2.66. The summed E-state index contributed by atoms with van der Waals surface area (Å²) in [6.45, 7) is 0. The normalized spacial score (nSPS) is 11.1. The molecule has 0 aliphatic rings. The number of benzene rings is 1. The molecule has 0 atom stereocenters. The van der Waals surface area contributed by atoms with Gasteiger partial charge >= 0.3 is 0 Å². The Hall–Kier alpha value is -2.03. The summed E-state index contributed by atoms with van der Waals surface area (Å²) in [5.41, 5.74) is 8.70. The molecule has 3 heteroatoms. The minimum absolute atomic E-state index is 0.776. The van der Waals surface area contributed by atoms with Gasteiger partial charge in [0.25, 0.3) is 0 Å². The molecule has 2 heterocycles. The molecule has 0 saturated heterocycles. The van der Waals surface area contributed by atoms with Crippen molar-refractivity contribution in [2.45, 2.75) is 0 Å². The number of nitrogens with one attached hydrogen (secondary N) is 1. The van der Waals surface area contributed by atoms with Crippen LogP contribution in [-0.2, 0) is 0 Å². The zero-order chi connectivity index (χ0) is 9.54. The molecular formula is C11H9N3. The Morgan fingerprint density at radius 1 is 1.07 bits per heavy atom. The van der Waals surface area contributed by atoms with E-state index in [1.54, 1.807) is 6.20 Å². The molecule has 0 bridgehead atoms. The van der Waals surface area contributed by atoms with Crippen LogP contribution in [0, 0.1) is 0 Å². The van der Waals surface area contributed by atoms with Gasteiger partial charge in [-0.15, -0.1) is 0 Å². The van der Waals surface area contributed by atoms with Gasteiger partial charge in [0.15, 0.2) is 0 Å². The highest BCUT2D eigenvalue weighted by molar-refractivity contribution is 6.07. The molecule has 3 N–H and O–H groups in total. The predicted molar refractivity (Wildman–Crippen MR) is 58.0 cm³/mol. The van der Waals surface area contributed by atoms with Gasteiger partial charge in [0.2, 0.25) is 0 Å². The minimum atomic E-state index is 0.776. The Bertz CT molecular complexity index is 610. The average molecular weight is 183 g/mol. The molecule has 2 aromatic heterocycles. The maximum atomic E-state index is 5.87. The number of nitrogens with zero attached hydrogens (tertiary/aromatic N) is 1. The van der Waals surface area contributed by atoms with Gasteiger partial charge in [-0.3, -0.25) is 4.98 Å². The molecule has 0 amide bonds. The molecule has 0 fully saturated rings. The number of hydrogen-bond acceptors (Lipinski definition) is 2. The molecule has 0 aliphatic carbocycles. The van der Waals surface area contributed by atoms with E-state index in [1.165, 1.54) is 0 Å². The number of nitrogens with two attached hydrogens (primary N) is 1. The second-order valence-electron chi connectivity index (χ2n) is 3.30. The third-order valence-electron chi connectivity index (χ3n) is 2.47. The van der Waals surface area contributed by atoms with Crippen molar-refractivity contribution >= 4 is 27.5 Å². The van der Waals surface area contributed by atoms with E-state index in [0.29, 0.717) is 0 Å². The summed E-state index contributed by atoms with van der Waals surface area (Å²) in [5, 5.41) is 2.13. The molecular weight excluding hydrogens is 174 g/mol. The fraction of sp³-hybridized carbons (Fsp3) is 0. The molecule has 0 spiro atoms. The van der Waals surface area contributed by atoms with E-state index in [1.807, 2.05) is 30.5 Å². The second-order valence-corrected chi connectivity index (χ2v) is 3.30. The lowest BCUT2D eigenvalue weighted by Crippen LogP contribution is -1.88. The Balaban J connectivity index is 2.64. The highest BCUT2D eigenvalue weighted by atomic mass is 14.7. The van der Waals surface area contributed by atoms with Gasteiger partial charge in [-0.2, -0.15) is 0 Å². The van der Waals surface area contributed by atoms with Crippen molar-refractivity contribution < 1.29 is 0 Å². The lowest BCUT2D eigenvalue weighted by molar-refractivity contribution is 1.43. The van der Waals surface area contributed by atoms with Crippen molar-refractivity contribution in [3.8, 4) is 0 Å². The number of fused-ring (bicyclic) bond motifs is 3. The maximum absolute atomic E-state index is 5.87. The summed E-state index contributed by atoms with van der Waals surface area (Å²) in [4.78, 5) is 7.49. The summed E-state index contributed by atoms with van der Waals surface area (Å²) >= 11 is 0. The number of hydrogen-bond donors (Lipinski definition) is 2. The SMILES string of the molecule is Nc1ccnc2c1ccc1[nH]ccc12. The summed E-state index contributed by atoms with van der Waals surface area (Å²) in [5.74, 6) is 0. The first-order valence-electron chi connectivity index (χ1n) is 4.46. The van der Waals surface area contributed by atoms with Crippen LogP contribution in [0.15, 0.2) is 36.7 Å². The number of pyridine rings is 1. The van der Waals surface area contributed by atoms with Crippen LogP contribution in [0.4, 0.5) is 5.69 Å². The summed E-state index contributed by atoms with van der Waals surface area (Å²) in [6, 6.07) is 7.86. The first kappa shape index (κ1) is 7.38. The monoisotopic (exact) mass is 183 g/mol. The lowest BCUT2D eigenvalue weighted by atomic mass is 10.1. The first-order chi connectivity index (χ1) is 6.86. The van der Waals surface area contributed by atoms with Gasteiger partial charge in [-0.25, -0.2) is 0 Å². The second kappa shape index (κ2) is 2.48. The van der Waals surface area contributed by atoms with Gasteiger partial charge in [-0.1, -0.05) is 0 Å². The molecule has 14 heavy (non-hydrogen) atoms. The lowest BCUT2D eigenvalue weighted by Gasteiger charge is -2.01. The highest BCUT2D eigenvalue weighted by Crippen LogP contribution is 2.25. The first-order valence-corrected chi connectivity index (χ1v) is 4.46. The number of H-pyrrole nitrogens is 1. The minimum Gasteiger partial charge on any atom is -0.398 e. The van der Waals surface area contributed by atoms with Gasteiger partial charge in [-0.05, 0) is 24.3 Å². The van der Waals surface area contributed by atoms with Crippen LogP contribution in [-0.4, -0.2) is 9.97 Å². The molecule has 0 unspecified atom stereocenters. The van der Waals surface area contributed by atoms with E-state index in [4.69, 9.17) is 5.73 Å². The molecule has 3 nitrogen and oxygen atoms in total. The van der Waals surface area contributed by atoms with E-state index in [-0.39, 0.29) is 0 Å². The van der Waals surface area contributed by atoms with Crippen LogP contribution in [0.3, 0.4) is 0 Å².